The van der Waals surface area contributed by atoms with E-state index in [1.807, 2.05) is 38.1 Å². The average molecular weight is 363 g/mol. The van der Waals surface area contributed by atoms with E-state index in [2.05, 4.69) is 45.2 Å². The van der Waals surface area contributed by atoms with Gasteiger partial charge < -0.3 is 11.1 Å². The number of nitrogens with two attached hydrogens (primary N) is 1. The smallest absolute Gasteiger partial charge is 0.0574 e. The molecular formula is C22H35ClN2. The molecule has 0 heterocycles. The zero-order chi connectivity index (χ0) is 19.0. The van der Waals surface area contributed by atoms with Crippen LogP contribution < -0.4 is 11.1 Å². The number of nitrogens with one attached hydrogen (secondary N) is 1. The Hall–Kier alpha value is -1.41. The Morgan fingerprint density at radius 3 is 2.52 bits per heavy atom. The zero-order valence-corrected chi connectivity index (χ0v) is 17.5. The van der Waals surface area contributed by atoms with Crippen LogP contribution in [0.2, 0.25) is 0 Å². The third-order valence-electron chi connectivity index (χ3n) is 4.77. The summed E-state index contributed by atoms with van der Waals surface area (Å²) in [5.74, 6) is 0.531. The molecule has 3 N–H and O–H groups in total. The van der Waals surface area contributed by atoms with Crippen LogP contribution in [-0.4, -0.2) is 11.9 Å². The van der Waals surface area contributed by atoms with Crippen molar-refractivity contribution in [3.63, 3.8) is 0 Å². The van der Waals surface area contributed by atoms with Gasteiger partial charge in [0.15, 0.2) is 0 Å². The lowest BCUT2D eigenvalue weighted by Gasteiger charge is -2.35. The van der Waals surface area contributed by atoms with Crippen molar-refractivity contribution in [2.75, 3.05) is 17.6 Å². The number of anilines is 2. The van der Waals surface area contributed by atoms with Crippen LogP contribution >= 0.6 is 11.6 Å². The van der Waals surface area contributed by atoms with Crippen LogP contribution in [0.5, 0.6) is 0 Å². The zero-order valence-electron chi connectivity index (χ0n) is 16.7. The molecule has 3 heteroatoms. The fourth-order valence-electron chi connectivity index (χ4n) is 3.09. The maximum absolute atomic E-state index is 6.37. The van der Waals surface area contributed by atoms with E-state index in [0.29, 0.717) is 5.92 Å². The van der Waals surface area contributed by atoms with Crippen LogP contribution in [0, 0.1) is 11.3 Å². The van der Waals surface area contributed by atoms with Crippen molar-refractivity contribution < 1.29 is 0 Å². The van der Waals surface area contributed by atoms with Gasteiger partial charge in [-0.3, -0.25) is 0 Å². The first-order valence-electron chi connectivity index (χ1n) is 9.50. The summed E-state index contributed by atoms with van der Waals surface area (Å²) in [7, 11) is 0. The van der Waals surface area contributed by atoms with Gasteiger partial charge in [-0.2, -0.15) is 0 Å². The third-order valence-corrected chi connectivity index (χ3v) is 5.08. The number of alkyl halides is 1. The molecule has 1 aliphatic carbocycles. The number of rotatable bonds is 6. The molecule has 2 rings (SSSR count). The summed E-state index contributed by atoms with van der Waals surface area (Å²) in [6.07, 6.45) is 6.62. The molecule has 25 heavy (non-hydrogen) atoms. The quantitative estimate of drug-likeness (QED) is 0.439. The number of nitrogen functional groups attached to an aromatic ring is 1. The summed E-state index contributed by atoms with van der Waals surface area (Å²) in [5, 5.41) is 3.63. The van der Waals surface area contributed by atoms with E-state index in [-0.39, 0.29) is 10.8 Å². The van der Waals surface area contributed by atoms with E-state index in [9.17, 15) is 0 Å². The fourth-order valence-corrected chi connectivity index (χ4v) is 3.31. The van der Waals surface area contributed by atoms with Crippen LogP contribution in [0.4, 0.5) is 11.4 Å². The molecule has 0 aliphatic heterocycles. The molecule has 1 aromatic carbocycles. The Bertz CT molecular complexity index is 602. The van der Waals surface area contributed by atoms with E-state index >= 15 is 0 Å². The van der Waals surface area contributed by atoms with Gasteiger partial charge in [0, 0.05) is 12.0 Å². The molecule has 0 saturated heterocycles. The van der Waals surface area contributed by atoms with E-state index in [0.717, 1.165) is 30.8 Å². The lowest BCUT2D eigenvalue weighted by molar-refractivity contribution is 0.460. The Balaban J connectivity index is 0.00000151. The number of hydrogen-bond donors (Lipinski definition) is 2. The molecule has 140 valence electrons. The summed E-state index contributed by atoms with van der Waals surface area (Å²) in [5.41, 5.74) is 10.7. The lowest BCUT2D eigenvalue weighted by Crippen LogP contribution is -2.29. The second-order valence-corrected chi connectivity index (χ2v) is 7.69. The minimum absolute atomic E-state index is 0.0224. The van der Waals surface area contributed by atoms with Crippen LogP contribution in [-0.2, 0) is 0 Å². The lowest BCUT2D eigenvalue weighted by atomic mass is 9.73. The van der Waals surface area contributed by atoms with Crippen LogP contribution in [0.15, 0.2) is 47.6 Å². The molecule has 1 aromatic rings. The van der Waals surface area contributed by atoms with Crippen molar-refractivity contribution in [2.45, 2.75) is 59.8 Å². The van der Waals surface area contributed by atoms with E-state index in [4.69, 9.17) is 17.3 Å². The summed E-state index contributed by atoms with van der Waals surface area (Å²) in [4.78, 5) is 0. The van der Waals surface area contributed by atoms with Crippen molar-refractivity contribution >= 4 is 23.0 Å². The van der Waals surface area contributed by atoms with Gasteiger partial charge in [-0.1, -0.05) is 65.8 Å². The van der Waals surface area contributed by atoms with Gasteiger partial charge in [0.05, 0.1) is 16.8 Å². The van der Waals surface area contributed by atoms with Gasteiger partial charge in [0.2, 0.25) is 0 Å². The SMILES string of the molecule is CC.CCC(C)C1=CC(Cl)CC=C1C(C)(C)CNc1ccccc1N. The van der Waals surface area contributed by atoms with Crippen molar-refractivity contribution in [3.8, 4) is 0 Å². The molecular weight excluding hydrogens is 328 g/mol. The summed E-state index contributed by atoms with van der Waals surface area (Å²) in [6, 6.07) is 7.92. The van der Waals surface area contributed by atoms with Gasteiger partial charge >= 0.3 is 0 Å². The molecule has 0 spiro atoms. The van der Waals surface area contributed by atoms with Crippen LogP contribution in [0.25, 0.3) is 0 Å². The van der Waals surface area contributed by atoms with Gasteiger partial charge in [0.1, 0.15) is 0 Å². The molecule has 0 saturated carbocycles. The van der Waals surface area contributed by atoms with Gasteiger partial charge in [0.25, 0.3) is 0 Å². The van der Waals surface area contributed by atoms with Crippen LogP contribution in [0.3, 0.4) is 0 Å². The monoisotopic (exact) mass is 362 g/mol. The first kappa shape index (κ1) is 21.6. The molecule has 0 aromatic heterocycles. The highest BCUT2D eigenvalue weighted by Gasteiger charge is 2.30. The number of halogens is 1. The molecule has 2 nitrogen and oxygen atoms in total. The second kappa shape index (κ2) is 9.91. The highest BCUT2D eigenvalue weighted by Crippen LogP contribution is 2.40. The van der Waals surface area contributed by atoms with Gasteiger partial charge in [-0.25, -0.2) is 0 Å². The number of benzene rings is 1. The first-order chi connectivity index (χ1) is 11.8. The van der Waals surface area contributed by atoms with Crippen molar-refractivity contribution in [1.82, 2.24) is 0 Å². The van der Waals surface area contributed by atoms with Gasteiger partial charge in [-0.15, -0.1) is 11.6 Å². The first-order valence-corrected chi connectivity index (χ1v) is 9.94. The number of allylic oxidation sites excluding steroid dienone is 3. The van der Waals surface area contributed by atoms with Crippen molar-refractivity contribution in [1.29, 1.82) is 0 Å². The Morgan fingerprint density at radius 2 is 1.92 bits per heavy atom. The molecule has 0 fully saturated rings. The van der Waals surface area contributed by atoms with E-state index in [1.165, 1.54) is 11.1 Å². The maximum Gasteiger partial charge on any atom is 0.0574 e. The molecule has 0 amide bonds. The second-order valence-electron chi connectivity index (χ2n) is 7.13. The highest BCUT2D eigenvalue weighted by atomic mass is 35.5. The summed E-state index contributed by atoms with van der Waals surface area (Å²) < 4.78 is 0. The minimum atomic E-state index is 0.0224. The Kier molecular flexibility index (Phi) is 8.58. The van der Waals surface area contributed by atoms with Gasteiger partial charge in [-0.05, 0) is 42.0 Å². The van der Waals surface area contributed by atoms with Crippen molar-refractivity contribution in [2.24, 2.45) is 11.3 Å². The Morgan fingerprint density at radius 1 is 1.28 bits per heavy atom. The average Bonchev–Trinajstić information content (AvgIpc) is 2.61. The highest BCUT2D eigenvalue weighted by molar-refractivity contribution is 6.22. The molecule has 0 radical (unpaired) electrons. The fraction of sp³-hybridized carbons (Fsp3) is 0.545. The molecule has 0 bridgehead atoms. The molecule has 2 atom stereocenters. The van der Waals surface area contributed by atoms with E-state index < -0.39 is 0 Å². The Labute approximate surface area is 159 Å². The summed E-state index contributed by atoms with van der Waals surface area (Å²) in [6.45, 7) is 13.9. The molecule has 2 unspecified atom stereocenters. The normalized spacial score (nSPS) is 18.4. The third kappa shape index (κ3) is 5.81. The van der Waals surface area contributed by atoms with Crippen LogP contribution in [0.1, 0.15) is 54.4 Å². The number of hydrogen-bond acceptors (Lipinski definition) is 2. The predicted octanol–water partition coefficient (Wildman–Crippen LogP) is 6.64. The number of para-hydroxylation sites is 2. The van der Waals surface area contributed by atoms with E-state index in [1.54, 1.807) is 0 Å². The van der Waals surface area contributed by atoms with Crippen molar-refractivity contribution in [3.05, 3.63) is 47.6 Å². The minimum Gasteiger partial charge on any atom is -0.397 e. The largest absolute Gasteiger partial charge is 0.397 e. The predicted molar refractivity (Wildman–Crippen MR) is 114 cm³/mol. The topological polar surface area (TPSA) is 38.0 Å². The standard InChI is InChI=1S/C20H29ClN2.C2H6/c1-5-14(2)16-12-15(21)10-11-17(16)20(3,4)13-23-19-9-7-6-8-18(19)22;1-2/h6-9,11-12,14-15,23H,5,10,13,22H2,1-4H3;1-2H3. The molecule has 1 aliphatic rings. The summed E-state index contributed by atoms with van der Waals surface area (Å²) >= 11 is 6.37. The maximum atomic E-state index is 6.37.